The van der Waals surface area contributed by atoms with Gasteiger partial charge in [-0.2, -0.15) is 0 Å². The third-order valence-electron chi connectivity index (χ3n) is 1.70. The van der Waals surface area contributed by atoms with Gasteiger partial charge < -0.3 is 0 Å². The Morgan fingerprint density at radius 2 is 1.87 bits per heavy atom. The second kappa shape index (κ2) is 5.56. The molecule has 0 amide bonds. The summed E-state index contributed by atoms with van der Waals surface area (Å²) >= 11 is 6.93. The van der Waals surface area contributed by atoms with Gasteiger partial charge in [0, 0.05) is 8.99 Å². The second-order valence-electron chi connectivity index (χ2n) is 4.08. The highest BCUT2D eigenvalue weighted by molar-refractivity contribution is 14.2. The van der Waals surface area contributed by atoms with E-state index in [1.807, 2.05) is 4.68 Å². The van der Waals surface area contributed by atoms with E-state index in [-0.39, 0.29) is 5.41 Å². The third kappa shape index (κ3) is 4.06. The van der Waals surface area contributed by atoms with Crippen molar-refractivity contribution in [1.82, 2.24) is 20.2 Å². The van der Waals surface area contributed by atoms with Crippen molar-refractivity contribution in [3.8, 4) is 0 Å². The van der Waals surface area contributed by atoms with Crippen LogP contribution in [0.4, 0.5) is 0 Å². The van der Waals surface area contributed by atoms with Crippen molar-refractivity contribution in [2.75, 3.05) is 0 Å². The Morgan fingerprint density at radius 1 is 1.27 bits per heavy atom. The predicted octanol–water partition coefficient (Wildman–Crippen LogP) is 3.44. The van der Waals surface area contributed by atoms with Gasteiger partial charge in [0.15, 0.2) is 5.82 Å². The van der Waals surface area contributed by atoms with Crippen LogP contribution in [-0.4, -0.2) is 20.2 Å². The lowest BCUT2D eigenvalue weighted by Crippen LogP contribution is -2.20. The maximum Gasteiger partial charge on any atom is 0.156 e. The Morgan fingerprint density at radius 3 is 2.33 bits per heavy atom. The second-order valence-corrected chi connectivity index (χ2v) is 9.60. The fourth-order valence-corrected chi connectivity index (χ4v) is 1.70. The molecule has 1 aromatic heterocycles. The fourth-order valence-electron chi connectivity index (χ4n) is 1.04. The lowest BCUT2D eigenvalue weighted by Gasteiger charge is -2.16. The van der Waals surface area contributed by atoms with Crippen LogP contribution < -0.4 is 0 Å². The number of halogens is 3. The zero-order valence-electron chi connectivity index (χ0n) is 8.63. The van der Waals surface area contributed by atoms with Crippen LogP contribution in [0.3, 0.4) is 0 Å². The Bertz CT molecular complexity index is 373. The van der Waals surface area contributed by atoms with E-state index in [4.69, 9.17) is 0 Å². The molecule has 0 aliphatic heterocycles. The molecule has 1 rings (SSSR count). The maximum atomic E-state index is 4.07. The van der Waals surface area contributed by atoms with Gasteiger partial charge in [-0.05, 0) is 78.2 Å². The van der Waals surface area contributed by atoms with Crippen molar-refractivity contribution >= 4 is 67.8 Å². The molecular formula is C8H11I3N4. The molecule has 0 N–H and O–H groups in total. The first-order valence-electron chi connectivity index (χ1n) is 4.28. The number of nitrogens with zero attached hydrogens (tertiary/aromatic N) is 4. The summed E-state index contributed by atoms with van der Waals surface area (Å²) in [6.45, 7) is 7.09. The topological polar surface area (TPSA) is 43.6 Å². The van der Waals surface area contributed by atoms with E-state index in [9.17, 15) is 0 Å². The molecule has 0 aliphatic rings. The van der Waals surface area contributed by atoms with Crippen LogP contribution in [0.1, 0.15) is 26.6 Å². The van der Waals surface area contributed by atoms with Gasteiger partial charge >= 0.3 is 0 Å². The number of allylic oxidation sites excluding steroid dienone is 1. The van der Waals surface area contributed by atoms with Crippen molar-refractivity contribution in [1.29, 1.82) is 0 Å². The van der Waals surface area contributed by atoms with Crippen LogP contribution in [0.2, 0.25) is 0 Å². The SMILES string of the molecule is CC(C)(C)c1nnnn1CC(I)=C(I)I. The largest absolute Gasteiger partial charge is 0.224 e. The van der Waals surface area contributed by atoms with Crippen molar-refractivity contribution in [2.24, 2.45) is 0 Å². The third-order valence-corrected chi connectivity index (χ3v) is 5.94. The highest BCUT2D eigenvalue weighted by Crippen LogP contribution is 2.27. The van der Waals surface area contributed by atoms with Gasteiger partial charge in [-0.1, -0.05) is 20.8 Å². The summed E-state index contributed by atoms with van der Waals surface area (Å²) in [5, 5.41) is 11.8. The molecule has 0 aliphatic carbocycles. The summed E-state index contributed by atoms with van der Waals surface area (Å²) in [5.74, 6) is 0.922. The minimum atomic E-state index is -0.0167. The first-order chi connectivity index (χ1) is 6.82. The summed E-state index contributed by atoms with van der Waals surface area (Å²) in [5.41, 5.74) is -0.0167. The average molecular weight is 544 g/mol. The van der Waals surface area contributed by atoms with Crippen molar-refractivity contribution in [2.45, 2.75) is 32.7 Å². The number of aromatic nitrogens is 4. The first-order valence-corrected chi connectivity index (χ1v) is 7.52. The van der Waals surface area contributed by atoms with Crippen molar-refractivity contribution in [3.05, 3.63) is 11.0 Å². The zero-order valence-corrected chi connectivity index (χ0v) is 15.1. The lowest BCUT2D eigenvalue weighted by molar-refractivity contribution is 0.493. The number of rotatable bonds is 2. The molecule has 1 aromatic rings. The minimum Gasteiger partial charge on any atom is -0.224 e. The van der Waals surface area contributed by atoms with E-state index >= 15 is 0 Å². The van der Waals surface area contributed by atoms with E-state index in [1.165, 1.54) is 5.17 Å². The first kappa shape index (κ1) is 14.1. The average Bonchev–Trinajstić information content (AvgIpc) is 2.50. The number of tetrazole rings is 1. The molecule has 4 nitrogen and oxygen atoms in total. The molecule has 0 atom stereocenters. The molecular weight excluding hydrogens is 533 g/mol. The van der Waals surface area contributed by atoms with E-state index in [1.54, 1.807) is 0 Å². The van der Waals surface area contributed by atoms with Gasteiger partial charge in [-0.25, -0.2) is 4.68 Å². The van der Waals surface area contributed by atoms with Crippen LogP contribution in [-0.2, 0) is 12.0 Å². The van der Waals surface area contributed by atoms with E-state index in [0.29, 0.717) is 0 Å². The lowest BCUT2D eigenvalue weighted by atomic mass is 9.96. The molecule has 84 valence electrons. The fraction of sp³-hybridized carbons (Fsp3) is 0.625. The Hall–Kier alpha value is 1.000. The summed E-state index contributed by atoms with van der Waals surface area (Å²) < 4.78 is 4.37. The molecule has 0 spiro atoms. The molecule has 0 saturated heterocycles. The smallest absolute Gasteiger partial charge is 0.156 e. The normalized spacial score (nSPS) is 11.6. The van der Waals surface area contributed by atoms with Gasteiger partial charge in [0.05, 0.1) is 8.13 Å². The number of hydrogen-bond acceptors (Lipinski definition) is 3. The summed E-state index contributed by atoms with van der Waals surface area (Å²) in [6, 6.07) is 0. The van der Waals surface area contributed by atoms with E-state index < -0.39 is 0 Å². The highest BCUT2D eigenvalue weighted by atomic mass is 127. The van der Waals surface area contributed by atoms with E-state index in [0.717, 1.165) is 12.4 Å². The Balaban J connectivity index is 2.98. The van der Waals surface area contributed by atoms with E-state index in [2.05, 4.69) is 104 Å². The molecule has 0 radical (unpaired) electrons. The quantitative estimate of drug-likeness (QED) is 0.537. The Kier molecular flexibility index (Phi) is 5.21. The molecule has 1 heterocycles. The van der Waals surface area contributed by atoms with Crippen LogP contribution in [0.25, 0.3) is 0 Å². The van der Waals surface area contributed by atoms with Gasteiger partial charge in [0.25, 0.3) is 0 Å². The molecule has 0 unspecified atom stereocenters. The standard InChI is InChI=1S/C8H11I3N4/c1-8(2,3)7-12-13-14-15(7)4-5(9)6(10)11/h4H2,1-3H3. The number of hydrogen-bond donors (Lipinski definition) is 0. The zero-order chi connectivity index (χ0) is 11.6. The Labute approximate surface area is 130 Å². The van der Waals surface area contributed by atoms with Crippen LogP contribution >= 0.6 is 67.8 Å². The van der Waals surface area contributed by atoms with Crippen molar-refractivity contribution < 1.29 is 0 Å². The summed E-state index contributed by atoms with van der Waals surface area (Å²) in [4.78, 5) is 0. The van der Waals surface area contributed by atoms with Crippen LogP contribution in [0.5, 0.6) is 0 Å². The van der Waals surface area contributed by atoms with Gasteiger partial charge in [-0.15, -0.1) is 5.10 Å². The predicted molar refractivity (Wildman–Crippen MR) is 85.6 cm³/mol. The van der Waals surface area contributed by atoms with Gasteiger partial charge in [0.1, 0.15) is 0 Å². The van der Waals surface area contributed by atoms with Gasteiger partial charge in [-0.3, -0.25) is 0 Å². The maximum absolute atomic E-state index is 4.07. The molecule has 7 heteroatoms. The highest BCUT2D eigenvalue weighted by Gasteiger charge is 2.22. The molecule has 0 aromatic carbocycles. The monoisotopic (exact) mass is 544 g/mol. The molecule has 0 bridgehead atoms. The van der Waals surface area contributed by atoms with Crippen molar-refractivity contribution in [3.63, 3.8) is 0 Å². The summed E-state index contributed by atoms with van der Waals surface area (Å²) in [6.07, 6.45) is 0. The molecule has 15 heavy (non-hydrogen) atoms. The molecule has 0 saturated carbocycles. The minimum absolute atomic E-state index is 0.0167. The summed E-state index contributed by atoms with van der Waals surface area (Å²) in [7, 11) is 0. The van der Waals surface area contributed by atoms with Gasteiger partial charge in [0.2, 0.25) is 0 Å². The molecule has 0 fully saturated rings. The van der Waals surface area contributed by atoms with Crippen LogP contribution in [0, 0.1) is 0 Å². The van der Waals surface area contributed by atoms with Crippen LogP contribution in [0.15, 0.2) is 5.17 Å².